The molecule has 0 aliphatic rings. The summed E-state index contributed by atoms with van der Waals surface area (Å²) in [6.45, 7) is 7.05. The van der Waals surface area contributed by atoms with Gasteiger partial charge in [-0.25, -0.2) is 13.2 Å². The summed E-state index contributed by atoms with van der Waals surface area (Å²) in [5, 5.41) is 10.1. The molecule has 0 heterocycles. The van der Waals surface area contributed by atoms with Crippen LogP contribution in [0.5, 0.6) is 5.75 Å². The number of nitrogens with one attached hydrogen (secondary N) is 1. The van der Waals surface area contributed by atoms with Crippen LogP contribution in [-0.4, -0.2) is 25.1 Å². The molecule has 25 heavy (non-hydrogen) atoms. The van der Waals surface area contributed by atoms with E-state index in [1.54, 1.807) is 32.9 Å². The molecule has 7 heteroatoms. The predicted octanol–water partition coefficient (Wildman–Crippen LogP) is 3.46. The number of phenols is 1. The Morgan fingerprint density at radius 1 is 1.08 bits per heavy atom. The summed E-state index contributed by atoms with van der Waals surface area (Å²) in [5.74, 6) is -0.963. The van der Waals surface area contributed by atoms with E-state index in [4.69, 9.17) is 4.74 Å². The molecule has 0 fully saturated rings. The van der Waals surface area contributed by atoms with E-state index in [1.165, 1.54) is 30.3 Å². The number of anilines is 1. The van der Waals surface area contributed by atoms with Crippen LogP contribution in [0.15, 0.2) is 47.4 Å². The Balaban J connectivity index is 2.24. The van der Waals surface area contributed by atoms with E-state index >= 15 is 0 Å². The molecule has 0 amide bonds. The highest BCUT2D eigenvalue weighted by Crippen LogP contribution is 2.28. The first-order valence-electron chi connectivity index (χ1n) is 7.64. The molecule has 0 aromatic heterocycles. The Labute approximate surface area is 147 Å². The van der Waals surface area contributed by atoms with Crippen LogP contribution in [0.4, 0.5) is 5.69 Å². The Bertz CT molecular complexity index is 881. The van der Waals surface area contributed by atoms with Crippen molar-refractivity contribution in [1.82, 2.24) is 0 Å². The molecule has 0 saturated heterocycles. The lowest BCUT2D eigenvalue weighted by Crippen LogP contribution is -2.23. The number of rotatable bonds is 4. The zero-order chi connectivity index (χ0) is 18.8. The summed E-state index contributed by atoms with van der Waals surface area (Å²) in [7, 11) is -3.84. The van der Waals surface area contributed by atoms with E-state index in [-0.39, 0.29) is 21.9 Å². The lowest BCUT2D eigenvalue weighted by molar-refractivity contribution is 0.00691. The SMILES string of the molecule is Cc1ccc(S(=O)(=O)Nc2ccc(C(=O)OC(C)(C)C)cc2O)cc1. The van der Waals surface area contributed by atoms with Crippen LogP contribution in [0.25, 0.3) is 0 Å². The Hall–Kier alpha value is -2.54. The van der Waals surface area contributed by atoms with Crippen LogP contribution >= 0.6 is 0 Å². The number of aryl methyl sites for hydroxylation is 1. The maximum absolute atomic E-state index is 12.4. The van der Waals surface area contributed by atoms with Crippen molar-refractivity contribution in [2.24, 2.45) is 0 Å². The van der Waals surface area contributed by atoms with Gasteiger partial charge in [0.2, 0.25) is 0 Å². The number of hydrogen-bond donors (Lipinski definition) is 2. The minimum absolute atomic E-state index is 0.0205. The van der Waals surface area contributed by atoms with E-state index in [2.05, 4.69) is 4.72 Å². The standard InChI is InChI=1S/C18H21NO5S/c1-12-5-8-14(9-6-12)25(22,23)19-15-10-7-13(11-16(15)20)17(21)24-18(2,3)4/h5-11,19-20H,1-4H3. The highest BCUT2D eigenvalue weighted by molar-refractivity contribution is 7.92. The predicted molar refractivity (Wildman–Crippen MR) is 95.3 cm³/mol. The summed E-state index contributed by atoms with van der Waals surface area (Å²) in [6, 6.07) is 10.2. The second-order valence-electron chi connectivity index (χ2n) is 6.65. The highest BCUT2D eigenvalue weighted by Gasteiger charge is 2.20. The molecule has 0 spiro atoms. The van der Waals surface area contributed by atoms with Crippen LogP contribution < -0.4 is 4.72 Å². The molecule has 0 unspecified atom stereocenters. The topological polar surface area (TPSA) is 92.7 Å². The molecule has 0 radical (unpaired) electrons. The second kappa shape index (κ2) is 6.76. The molecular formula is C18H21NO5S. The quantitative estimate of drug-likeness (QED) is 0.641. The molecule has 6 nitrogen and oxygen atoms in total. The number of benzene rings is 2. The van der Waals surface area contributed by atoms with Crippen LogP contribution in [-0.2, 0) is 14.8 Å². The third-order valence-electron chi connectivity index (χ3n) is 3.21. The molecule has 2 N–H and O–H groups in total. The van der Waals surface area contributed by atoms with Gasteiger partial charge in [0, 0.05) is 0 Å². The van der Waals surface area contributed by atoms with Gasteiger partial charge in [-0.1, -0.05) is 17.7 Å². The molecule has 0 saturated carbocycles. The molecule has 134 valence electrons. The van der Waals surface area contributed by atoms with Gasteiger partial charge in [0.15, 0.2) is 0 Å². The van der Waals surface area contributed by atoms with Crippen molar-refractivity contribution >= 4 is 21.7 Å². The monoisotopic (exact) mass is 363 g/mol. The molecule has 2 aromatic carbocycles. The van der Waals surface area contributed by atoms with Gasteiger partial charge in [-0.05, 0) is 58.0 Å². The van der Waals surface area contributed by atoms with Crippen molar-refractivity contribution in [2.45, 2.75) is 38.2 Å². The van der Waals surface area contributed by atoms with Crippen molar-refractivity contribution < 1.29 is 23.1 Å². The summed E-state index contributed by atoms with van der Waals surface area (Å²) in [4.78, 5) is 12.1. The van der Waals surface area contributed by atoms with Crippen LogP contribution in [0.2, 0.25) is 0 Å². The first kappa shape index (κ1) is 18.8. The largest absolute Gasteiger partial charge is 0.506 e. The van der Waals surface area contributed by atoms with Crippen LogP contribution in [0.1, 0.15) is 36.7 Å². The van der Waals surface area contributed by atoms with E-state index in [0.29, 0.717) is 0 Å². The highest BCUT2D eigenvalue weighted by atomic mass is 32.2. The van der Waals surface area contributed by atoms with Crippen molar-refractivity contribution in [3.63, 3.8) is 0 Å². The molecular weight excluding hydrogens is 342 g/mol. The third-order valence-corrected chi connectivity index (χ3v) is 4.59. The maximum Gasteiger partial charge on any atom is 0.338 e. The average Bonchev–Trinajstić information content (AvgIpc) is 2.48. The number of esters is 1. The molecule has 0 aliphatic heterocycles. The molecule has 2 rings (SSSR count). The van der Waals surface area contributed by atoms with Gasteiger partial charge in [-0.2, -0.15) is 0 Å². The van der Waals surface area contributed by atoms with E-state index in [1.807, 2.05) is 6.92 Å². The van der Waals surface area contributed by atoms with Crippen molar-refractivity contribution in [1.29, 1.82) is 0 Å². The van der Waals surface area contributed by atoms with E-state index in [0.717, 1.165) is 5.56 Å². The summed E-state index contributed by atoms with van der Waals surface area (Å²) >= 11 is 0. The summed E-state index contributed by atoms with van der Waals surface area (Å²) in [6.07, 6.45) is 0. The first-order chi connectivity index (χ1) is 11.5. The number of hydrogen-bond acceptors (Lipinski definition) is 5. The fraction of sp³-hybridized carbons (Fsp3) is 0.278. The van der Waals surface area contributed by atoms with E-state index in [9.17, 15) is 18.3 Å². The Kier molecular flexibility index (Phi) is 5.08. The number of phenolic OH excluding ortho intramolecular Hbond substituents is 1. The van der Waals surface area contributed by atoms with Crippen LogP contribution in [0, 0.1) is 6.92 Å². The third kappa shape index (κ3) is 4.96. The van der Waals surface area contributed by atoms with Crippen molar-refractivity contribution in [3.8, 4) is 5.75 Å². The van der Waals surface area contributed by atoms with Gasteiger partial charge in [0.25, 0.3) is 10.0 Å². The molecule has 0 atom stereocenters. The Morgan fingerprint density at radius 3 is 2.20 bits per heavy atom. The normalized spacial score (nSPS) is 11.8. The number of sulfonamides is 1. The average molecular weight is 363 g/mol. The lowest BCUT2D eigenvalue weighted by atomic mass is 10.1. The summed E-state index contributed by atoms with van der Waals surface area (Å²) in [5.41, 5.74) is 0.375. The summed E-state index contributed by atoms with van der Waals surface area (Å²) < 4.78 is 32.2. The number of carbonyl (C=O) groups excluding carboxylic acids is 1. The minimum Gasteiger partial charge on any atom is -0.506 e. The number of aromatic hydroxyl groups is 1. The smallest absolute Gasteiger partial charge is 0.338 e. The number of ether oxygens (including phenoxy) is 1. The maximum atomic E-state index is 12.4. The lowest BCUT2D eigenvalue weighted by Gasteiger charge is -2.19. The van der Waals surface area contributed by atoms with Gasteiger partial charge >= 0.3 is 5.97 Å². The van der Waals surface area contributed by atoms with Crippen molar-refractivity contribution in [2.75, 3.05) is 4.72 Å². The second-order valence-corrected chi connectivity index (χ2v) is 8.33. The van der Waals surface area contributed by atoms with Gasteiger partial charge in [-0.15, -0.1) is 0 Å². The first-order valence-corrected chi connectivity index (χ1v) is 9.12. The zero-order valence-corrected chi connectivity index (χ0v) is 15.3. The van der Waals surface area contributed by atoms with Crippen LogP contribution in [0.3, 0.4) is 0 Å². The minimum atomic E-state index is -3.84. The molecule has 0 aliphatic carbocycles. The van der Waals surface area contributed by atoms with E-state index < -0.39 is 21.6 Å². The Morgan fingerprint density at radius 2 is 1.68 bits per heavy atom. The molecule has 0 bridgehead atoms. The number of carbonyl (C=O) groups is 1. The molecule has 2 aromatic rings. The van der Waals surface area contributed by atoms with Gasteiger partial charge in [-0.3, -0.25) is 4.72 Å². The fourth-order valence-electron chi connectivity index (χ4n) is 2.00. The zero-order valence-electron chi connectivity index (χ0n) is 14.5. The van der Waals surface area contributed by atoms with Gasteiger partial charge in [0.05, 0.1) is 16.1 Å². The van der Waals surface area contributed by atoms with Crippen molar-refractivity contribution in [3.05, 3.63) is 53.6 Å². The van der Waals surface area contributed by atoms with Gasteiger partial charge in [0.1, 0.15) is 11.4 Å². The fourth-order valence-corrected chi connectivity index (χ4v) is 3.08. The van der Waals surface area contributed by atoms with Gasteiger partial charge < -0.3 is 9.84 Å².